The lowest BCUT2D eigenvalue weighted by atomic mass is 10.1. The van der Waals surface area contributed by atoms with E-state index in [4.69, 9.17) is 4.74 Å². The third-order valence-corrected chi connectivity index (χ3v) is 3.72. The maximum absolute atomic E-state index is 13.9. The first-order chi connectivity index (χ1) is 11.6. The van der Waals surface area contributed by atoms with Crippen molar-refractivity contribution >= 4 is 0 Å². The SMILES string of the molecule is COc1ccc(-c2cnn(Cc3ccccc3)c2C(F)F)cc1F. The van der Waals surface area contributed by atoms with E-state index in [-0.39, 0.29) is 23.6 Å². The normalized spacial score (nSPS) is 11.0. The fraction of sp³-hybridized carbons (Fsp3) is 0.167. The second-order valence-corrected chi connectivity index (χ2v) is 5.24. The third-order valence-electron chi connectivity index (χ3n) is 3.72. The summed E-state index contributed by atoms with van der Waals surface area (Å²) in [5.74, 6) is -0.542. The number of nitrogens with zero attached hydrogens (tertiary/aromatic N) is 2. The third kappa shape index (κ3) is 3.13. The van der Waals surface area contributed by atoms with E-state index in [0.717, 1.165) is 5.56 Å². The van der Waals surface area contributed by atoms with Crippen LogP contribution in [0.3, 0.4) is 0 Å². The van der Waals surface area contributed by atoms with Gasteiger partial charge < -0.3 is 4.74 Å². The van der Waals surface area contributed by atoms with Crippen molar-refractivity contribution in [2.24, 2.45) is 0 Å². The standard InChI is InChI=1S/C18H15F3N2O/c1-24-16-8-7-13(9-15(16)19)14-10-22-23(17(14)18(20)21)11-12-5-3-2-4-6-12/h2-10,18H,11H2,1H3. The van der Waals surface area contributed by atoms with Crippen molar-refractivity contribution < 1.29 is 17.9 Å². The van der Waals surface area contributed by atoms with Crippen molar-refractivity contribution in [1.82, 2.24) is 9.78 Å². The monoisotopic (exact) mass is 332 g/mol. The molecule has 0 atom stereocenters. The maximum atomic E-state index is 13.9. The van der Waals surface area contributed by atoms with Crippen LogP contribution in [0, 0.1) is 5.82 Å². The van der Waals surface area contributed by atoms with E-state index >= 15 is 0 Å². The largest absolute Gasteiger partial charge is 0.494 e. The lowest BCUT2D eigenvalue weighted by Gasteiger charge is -2.10. The van der Waals surface area contributed by atoms with E-state index in [0.29, 0.717) is 5.56 Å². The fourth-order valence-corrected chi connectivity index (χ4v) is 2.56. The number of ether oxygens (including phenoxy) is 1. The highest BCUT2D eigenvalue weighted by Gasteiger charge is 2.22. The minimum absolute atomic E-state index is 0.0639. The molecule has 24 heavy (non-hydrogen) atoms. The smallest absolute Gasteiger partial charge is 0.280 e. The van der Waals surface area contributed by atoms with Crippen molar-refractivity contribution in [2.45, 2.75) is 13.0 Å². The Balaban J connectivity index is 2.01. The van der Waals surface area contributed by atoms with E-state index < -0.39 is 12.2 Å². The van der Waals surface area contributed by atoms with Gasteiger partial charge in [-0.1, -0.05) is 36.4 Å². The van der Waals surface area contributed by atoms with Gasteiger partial charge in [0.05, 0.1) is 19.9 Å². The van der Waals surface area contributed by atoms with E-state index in [1.165, 1.54) is 36.2 Å². The first kappa shape index (κ1) is 16.1. The summed E-state index contributed by atoms with van der Waals surface area (Å²) in [4.78, 5) is 0. The fourth-order valence-electron chi connectivity index (χ4n) is 2.56. The minimum atomic E-state index is -2.73. The average Bonchev–Trinajstić information content (AvgIpc) is 2.99. The van der Waals surface area contributed by atoms with Crippen molar-refractivity contribution in [3.63, 3.8) is 0 Å². The van der Waals surface area contributed by atoms with Gasteiger partial charge in [-0.3, -0.25) is 4.68 Å². The van der Waals surface area contributed by atoms with Gasteiger partial charge in [-0.25, -0.2) is 13.2 Å². The Kier molecular flexibility index (Phi) is 4.55. The summed E-state index contributed by atoms with van der Waals surface area (Å²) < 4.78 is 47.1. The van der Waals surface area contributed by atoms with Gasteiger partial charge >= 0.3 is 0 Å². The molecular weight excluding hydrogens is 317 g/mol. The predicted molar refractivity (Wildman–Crippen MR) is 84.7 cm³/mol. The molecule has 3 rings (SSSR count). The Morgan fingerprint density at radius 1 is 1.12 bits per heavy atom. The summed E-state index contributed by atoms with van der Waals surface area (Å²) in [5, 5.41) is 4.06. The maximum Gasteiger partial charge on any atom is 0.280 e. The van der Waals surface area contributed by atoms with Crippen LogP contribution < -0.4 is 4.74 Å². The summed E-state index contributed by atoms with van der Waals surface area (Å²) in [5.41, 5.74) is 1.17. The zero-order chi connectivity index (χ0) is 17.1. The van der Waals surface area contributed by atoms with Crippen molar-refractivity contribution in [3.8, 4) is 16.9 Å². The molecule has 0 bridgehead atoms. The van der Waals surface area contributed by atoms with Gasteiger partial charge in [0.25, 0.3) is 6.43 Å². The summed E-state index contributed by atoms with van der Waals surface area (Å²) in [7, 11) is 1.35. The average molecular weight is 332 g/mol. The van der Waals surface area contributed by atoms with Crippen LogP contribution in [0.1, 0.15) is 17.7 Å². The molecule has 0 aliphatic rings. The topological polar surface area (TPSA) is 27.1 Å². The van der Waals surface area contributed by atoms with Crippen LogP contribution in [0.25, 0.3) is 11.1 Å². The highest BCUT2D eigenvalue weighted by Crippen LogP contribution is 2.33. The van der Waals surface area contributed by atoms with Gasteiger partial charge in [0.1, 0.15) is 5.69 Å². The number of aromatic nitrogens is 2. The molecule has 0 aliphatic carbocycles. The van der Waals surface area contributed by atoms with Gasteiger partial charge in [-0.05, 0) is 23.3 Å². The zero-order valence-electron chi connectivity index (χ0n) is 12.9. The molecule has 1 aromatic heterocycles. The number of hydrogen-bond acceptors (Lipinski definition) is 2. The molecule has 0 radical (unpaired) electrons. The van der Waals surface area contributed by atoms with E-state index in [2.05, 4.69) is 5.10 Å². The molecule has 0 spiro atoms. The summed E-state index contributed by atoms with van der Waals surface area (Å²) in [6.07, 6.45) is -1.39. The molecule has 0 unspecified atom stereocenters. The van der Waals surface area contributed by atoms with Crippen LogP contribution in [0.5, 0.6) is 5.75 Å². The molecule has 0 aliphatic heterocycles. The molecule has 0 fully saturated rings. The van der Waals surface area contributed by atoms with Crippen LogP contribution in [0.2, 0.25) is 0 Å². The molecule has 0 saturated heterocycles. The second-order valence-electron chi connectivity index (χ2n) is 5.24. The van der Waals surface area contributed by atoms with Crippen LogP contribution >= 0.6 is 0 Å². The summed E-state index contributed by atoms with van der Waals surface area (Å²) in [6.45, 7) is 0.221. The Bertz CT molecular complexity index is 832. The predicted octanol–water partition coefficient (Wildman–Crippen LogP) is 4.68. The molecule has 1 heterocycles. The second kappa shape index (κ2) is 6.78. The van der Waals surface area contributed by atoms with Gasteiger partial charge in [0.2, 0.25) is 0 Å². The molecule has 0 amide bonds. The van der Waals surface area contributed by atoms with Crippen molar-refractivity contribution in [3.05, 3.63) is 71.8 Å². The molecule has 0 N–H and O–H groups in total. The highest BCUT2D eigenvalue weighted by atomic mass is 19.3. The first-order valence-corrected chi connectivity index (χ1v) is 7.32. The minimum Gasteiger partial charge on any atom is -0.494 e. The van der Waals surface area contributed by atoms with Gasteiger partial charge in [0, 0.05) is 5.56 Å². The Morgan fingerprint density at radius 3 is 2.50 bits per heavy atom. The van der Waals surface area contributed by atoms with E-state index in [1.807, 2.05) is 30.3 Å². The number of benzene rings is 2. The Labute approximate surface area is 137 Å². The first-order valence-electron chi connectivity index (χ1n) is 7.32. The van der Waals surface area contributed by atoms with Gasteiger partial charge in [-0.15, -0.1) is 0 Å². The molecule has 0 saturated carbocycles. The number of halogens is 3. The quantitative estimate of drug-likeness (QED) is 0.678. The van der Waals surface area contributed by atoms with Crippen LogP contribution in [0.15, 0.2) is 54.7 Å². The van der Waals surface area contributed by atoms with Crippen LogP contribution in [-0.4, -0.2) is 16.9 Å². The molecule has 3 aromatic rings. The molecule has 3 nitrogen and oxygen atoms in total. The number of alkyl halides is 2. The number of rotatable bonds is 5. The number of methoxy groups -OCH3 is 1. The highest BCUT2D eigenvalue weighted by molar-refractivity contribution is 5.66. The van der Waals surface area contributed by atoms with Crippen molar-refractivity contribution in [2.75, 3.05) is 7.11 Å². The Morgan fingerprint density at radius 2 is 1.88 bits per heavy atom. The molecule has 2 aromatic carbocycles. The van der Waals surface area contributed by atoms with E-state index in [9.17, 15) is 13.2 Å². The van der Waals surface area contributed by atoms with Crippen LogP contribution in [-0.2, 0) is 6.54 Å². The Hall–Kier alpha value is -2.76. The van der Waals surface area contributed by atoms with Gasteiger partial charge in [-0.2, -0.15) is 5.10 Å². The molecule has 124 valence electrons. The number of hydrogen-bond donors (Lipinski definition) is 0. The molecular formula is C18H15F3N2O. The lowest BCUT2D eigenvalue weighted by molar-refractivity contribution is 0.140. The zero-order valence-corrected chi connectivity index (χ0v) is 12.9. The lowest BCUT2D eigenvalue weighted by Crippen LogP contribution is -2.07. The summed E-state index contributed by atoms with van der Waals surface area (Å²) >= 11 is 0. The summed E-state index contributed by atoms with van der Waals surface area (Å²) in [6, 6.07) is 13.3. The van der Waals surface area contributed by atoms with Crippen molar-refractivity contribution in [1.29, 1.82) is 0 Å². The van der Waals surface area contributed by atoms with Crippen LogP contribution in [0.4, 0.5) is 13.2 Å². The van der Waals surface area contributed by atoms with E-state index in [1.54, 1.807) is 0 Å². The van der Waals surface area contributed by atoms with Gasteiger partial charge in [0.15, 0.2) is 11.6 Å². The molecule has 6 heteroatoms.